The first-order valence-electron chi connectivity index (χ1n) is 14.6. The minimum atomic E-state index is -1.54. The van der Waals surface area contributed by atoms with E-state index in [9.17, 15) is 28.8 Å². The molecule has 5 amide bonds. The quantitative estimate of drug-likeness (QED) is 0.378. The molecule has 0 radical (unpaired) electrons. The van der Waals surface area contributed by atoms with E-state index in [1.165, 1.54) is 23.8 Å². The maximum absolute atomic E-state index is 13.5. The van der Waals surface area contributed by atoms with Crippen LogP contribution < -0.4 is 16.0 Å². The van der Waals surface area contributed by atoms with E-state index >= 15 is 0 Å². The zero-order valence-corrected chi connectivity index (χ0v) is 25.4. The molecular formula is C28H47N5O8. The molecule has 3 N–H and O–H groups in total. The number of esters is 1. The molecule has 2 fully saturated rings. The number of amides is 5. The summed E-state index contributed by atoms with van der Waals surface area (Å²) in [5.41, 5.74) is 0. The van der Waals surface area contributed by atoms with Crippen LogP contribution in [0.3, 0.4) is 0 Å². The van der Waals surface area contributed by atoms with Crippen LogP contribution in [0.1, 0.15) is 73.6 Å². The van der Waals surface area contributed by atoms with Crippen LogP contribution in [0.4, 0.5) is 0 Å². The van der Waals surface area contributed by atoms with Gasteiger partial charge in [0.05, 0.1) is 13.0 Å². The van der Waals surface area contributed by atoms with E-state index in [0.29, 0.717) is 25.7 Å². The number of nitrogens with one attached hydrogen (secondary N) is 3. The van der Waals surface area contributed by atoms with Gasteiger partial charge >= 0.3 is 5.97 Å². The maximum atomic E-state index is 13.5. The van der Waals surface area contributed by atoms with E-state index in [-0.39, 0.29) is 38.0 Å². The van der Waals surface area contributed by atoms with Crippen molar-refractivity contribution in [3.05, 3.63) is 0 Å². The third kappa shape index (κ3) is 8.88. The molecule has 13 nitrogen and oxygen atoms in total. The molecule has 2 heterocycles. The van der Waals surface area contributed by atoms with Gasteiger partial charge in [0.2, 0.25) is 23.6 Å². The summed E-state index contributed by atoms with van der Waals surface area (Å²) in [6.07, 6.45) is 0.250. The van der Waals surface area contributed by atoms with Crippen LogP contribution in [0.15, 0.2) is 0 Å². The smallest absolute Gasteiger partial charge is 0.310 e. The van der Waals surface area contributed by atoms with Gasteiger partial charge < -0.3 is 35.2 Å². The van der Waals surface area contributed by atoms with Crippen LogP contribution in [-0.4, -0.2) is 103 Å². The van der Waals surface area contributed by atoms with Crippen molar-refractivity contribution in [3.63, 3.8) is 0 Å². The van der Waals surface area contributed by atoms with E-state index in [1.54, 1.807) is 13.8 Å². The molecule has 13 heteroatoms. The summed E-state index contributed by atoms with van der Waals surface area (Å²) in [7, 11) is 1.47. The van der Waals surface area contributed by atoms with Gasteiger partial charge in [-0.1, -0.05) is 41.0 Å². The van der Waals surface area contributed by atoms with Crippen LogP contribution in [0, 0.1) is 11.8 Å². The molecule has 232 valence electrons. The highest BCUT2D eigenvalue weighted by molar-refractivity contribution is 5.96. The van der Waals surface area contributed by atoms with E-state index in [4.69, 9.17) is 9.47 Å². The maximum Gasteiger partial charge on any atom is 0.310 e. The summed E-state index contributed by atoms with van der Waals surface area (Å²) in [4.78, 5) is 81.8. The number of rotatable bonds is 6. The first-order chi connectivity index (χ1) is 19.3. The lowest BCUT2D eigenvalue weighted by Crippen LogP contribution is -2.60. The molecule has 2 rings (SSSR count). The lowest BCUT2D eigenvalue weighted by Gasteiger charge is -2.33. The van der Waals surface area contributed by atoms with Gasteiger partial charge in [0.1, 0.15) is 24.2 Å². The van der Waals surface area contributed by atoms with Crippen LogP contribution >= 0.6 is 0 Å². The molecule has 2 aliphatic heterocycles. The predicted molar refractivity (Wildman–Crippen MR) is 149 cm³/mol. The van der Waals surface area contributed by atoms with Crippen molar-refractivity contribution in [3.8, 4) is 0 Å². The second-order valence-electron chi connectivity index (χ2n) is 11.2. The first kappa shape index (κ1) is 34.0. The van der Waals surface area contributed by atoms with Crippen molar-refractivity contribution in [2.45, 2.75) is 104 Å². The minimum absolute atomic E-state index is 0.0889. The molecule has 0 aliphatic carbocycles. The number of carbonyl (C=O) groups is 6. The Morgan fingerprint density at radius 2 is 1.61 bits per heavy atom. The Morgan fingerprint density at radius 1 is 0.951 bits per heavy atom. The Bertz CT molecular complexity index is 973. The zero-order chi connectivity index (χ0) is 30.9. The van der Waals surface area contributed by atoms with Crippen LogP contribution in [0.2, 0.25) is 0 Å². The lowest BCUT2D eigenvalue weighted by molar-refractivity contribution is -0.193. The summed E-state index contributed by atoms with van der Waals surface area (Å²) in [6, 6.07) is -3.72. The molecular weight excluding hydrogens is 534 g/mol. The van der Waals surface area contributed by atoms with E-state index in [1.807, 2.05) is 20.8 Å². The van der Waals surface area contributed by atoms with Crippen molar-refractivity contribution in [2.75, 3.05) is 26.7 Å². The summed E-state index contributed by atoms with van der Waals surface area (Å²) in [6.45, 7) is 10.9. The van der Waals surface area contributed by atoms with Gasteiger partial charge in [-0.25, -0.2) is 0 Å². The second-order valence-corrected chi connectivity index (χ2v) is 11.2. The second kappa shape index (κ2) is 15.7. The molecule has 41 heavy (non-hydrogen) atoms. The number of hydrogen-bond donors (Lipinski definition) is 3. The number of cyclic esters (lactones) is 1. The van der Waals surface area contributed by atoms with Gasteiger partial charge in [-0.3, -0.25) is 28.8 Å². The van der Waals surface area contributed by atoms with Crippen molar-refractivity contribution in [2.24, 2.45) is 11.8 Å². The van der Waals surface area contributed by atoms with Crippen molar-refractivity contribution >= 4 is 35.5 Å². The molecule has 0 saturated carbocycles. The van der Waals surface area contributed by atoms with E-state index < -0.39 is 66.0 Å². The van der Waals surface area contributed by atoms with Crippen molar-refractivity contribution in [1.82, 2.24) is 25.8 Å². The molecule has 0 spiro atoms. The fraction of sp³-hybridized carbons (Fsp3) is 0.786. The minimum Gasteiger partial charge on any atom is -0.426 e. The largest absolute Gasteiger partial charge is 0.426 e. The Hall–Kier alpha value is -3.22. The number of carbonyl (C=O) groups excluding carboxylic acids is 6. The SMILES string of the molecule is CCCO[C@@H]1OC(=O)CCNC(=O)[C@H](C)N(C)C(=O)[C@H](C(C)C)NC(=O)[C@H]([C@@H](C)CC)NC(=O)[C@@H]2CCCN2C1=O. The normalized spacial score (nSPS) is 28.6. The van der Waals surface area contributed by atoms with Crippen molar-refractivity contribution in [1.29, 1.82) is 0 Å². The van der Waals surface area contributed by atoms with Crippen LogP contribution in [0.25, 0.3) is 0 Å². The number of nitrogens with zero attached hydrogens (tertiary/aromatic N) is 2. The zero-order valence-electron chi connectivity index (χ0n) is 25.4. The number of likely N-dealkylation sites (N-methyl/N-ethyl adjacent to an activating group) is 1. The Morgan fingerprint density at radius 3 is 2.22 bits per heavy atom. The summed E-state index contributed by atoms with van der Waals surface area (Å²) in [5.74, 6) is -4.03. The molecule has 0 aromatic heterocycles. The number of fused-ring (bicyclic) bond motifs is 1. The topological polar surface area (TPSA) is 163 Å². The molecule has 2 aliphatic rings. The molecule has 0 aromatic rings. The van der Waals surface area contributed by atoms with E-state index in [2.05, 4.69) is 16.0 Å². The molecule has 2 saturated heterocycles. The van der Waals surface area contributed by atoms with Gasteiger partial charge in [-0.2, -0.15) is 0 Å². The standard InChI is InChI=1S/C28H47N5O8/c1-8-15-40-28-27(39)33-14-10-11-19(33)24(36)31-22(17(5)9-2)25(37)30-21(16(3)4)26(38)32(7)18(6)23(35)29-13-12-20(34)41-28/h16-19,21-22,28H,8-15H2,1-7H3,(H,29,35)(H,30,37)(H,31,36)/t17-,18-,19-,21-,22-,28+/m0/s1. The average molecular weight is 582 g/mol. The molecule has 6 atom stereocenters. The predicted octanol–water partition coefficient (Wildman–Crippen LogP) is 0.312. The van der Waals surface area contributed by atoms with E-state index in [0.717, 1.165) is 0 Å². The Balaban J connectivity index is 2.46. The fourth-order valence-corrected chi connectivity index (χ4v) is 4.73. The average Bonchev–Trinajstić information content (AvgIpc) is 3.44. The van der Waals surface area contributed by atoms with Gasteiger partial charge in [0, 0.05) is 20.1 Å². The summed E-state index contributed by atoms with van der Waals surface area (Å²) < 4.78 is 10.9. The fourth-order valence-electron chi connectivity index (χ4n) is 4.73. The highest BCUT2D eigenvalue weighted by Crippen LogP contribution is 2.21. The highest BCUT2D eigenvalue weighted by atomic mass is 16.7. The van der Waals surface area contributed by atoms with Crippen molar-refractivity contribution < 1.29 is 38.2 Å². The Kier molecular flexibility index (Phi) is 13.0. The number of ether oxygens (including phenoxy) is 2. The third-order valence-electron chi connectivity index (χ3n) is 7.71. The van der Waals surface area contributed by atoms with Gasteiger partial charge in [-0.15, -0.1) is 0 Å². The summed E-state index contributed by atoms with van der Waals surface area (Å²) in [5, 5.41) is 8.21. The van der Waals surface area contributed by atoms with Gasteiger partial charge in [0.15, 0.2) is 0 Å². The molecule has 0 aromatic carbocycles. The highest BCUT2D eigenvalue weighted by Gasteiger charge is 2.41. The molecule has 0 bridgehead atoms. The third-order valence-corrected chi connectivity index (χ3v) is 7.71. The monoisotopic (exact) mass is 581 g/mol. The summed E-state index contributed by atoms with van der Waals surface area (Å²) >= 11 is 0. The molecule has 0 unspecified atom stereocenters. The van der Waals surface area contributed by atoms with Crippen LogP contribution in [-0.2, 0) is 38.2 Å². The van der Waals surface area contributed by atoms with Gasteiger partial charge in [0.25, 0.3) is 12.2 Å². The number of hydrogen-bond acceptors (Lipinski definition) is 8. The van der Waals surface area contributed by atoms with Gasteiger partial charge in [-0.05, 0) is 38.0 Å². The lowest BCUT2D eigenvalue weighted by atomic mass is 9.95. The Labute approximate surface area is 242 Å². The van der Waals surface area contributed by atoms with Crippen LogP contribution in [0.5, 0.6) is 0 Å². The first-order valence-corrected chi connectivity index (χ1v) is 14.6.